The SMILES string of the molecule is COc1nc2nc(C)[nH]c2nc1Cc1ccc2ccccc2c1. The van der Waals surface area contributed by atoms with Crippen molar-refractivity contribution in [1.29, 1.82) is 0 Å². The van der Waals surface area contributed by atoms with E-state index in [-0.39, 0.29) is 0 Å². The predicted molar refractivity (Wildman–Crippen MR) is 89.7 cm³/mol. The van der Waals surface area contributed by atoms with Gasteiger partial charge < -0.3 is 9.72 Å². The Labute approximate surface area is 133 Å². The first-order chi connectivity index (χ1) is 11.2. The van der Waals surface area contributed by atoms with Crippen LogP contribution in [0.25, 0.3) is 22.1 Å². The molecule has 0 atom stereocenters. The molecule has 4 aromatic rings. The summed E-state index contributed by atoms with van der Waals surface area (Å²) in [6.07, 6.45) is 0.662. The highest BCUT2D eigenvalue weighted by Gasteiger charge is 2.13. The van der Waals surface area contributed by atoms with Crippen molar-refractivity contribution in [3.8, 4) is 5.88 Å². The number of imidazole rings is 1. The molecule has 0 spiro atoms. The molecule has 0 fully saturated rings. The molecule has 5 heteroatoms. The molecule has 0 saturated heterocycles. The smallest absolute Gasteiger partial charge is 0.237 e. The predicted octanol–water partition coefficient (Wildman–Crippen LogP) is 3.41. The molecule has 114 valence electrons. The number of nitrogens with zero attached hydrogens (tertiary/aromatic N) is 3. The van der Waals surface area contributed by atoms with Gasteiger partial charge in [-0.2, -0.15) is 4.98 Å². The number of rotatable bonds is 3. The summed E-state index contributed by atoms with van der Waals surface area (Å²) in [7, 11) is 1.61. The first kappa shape index (κ1) is 13.7. The van der Waals surface area contributed by atoms with Gasteiger partial charge in [-0.3, -0.25) is 0 Å². The second-order valence-electron chi connectivity index (χ2n) is 5.53. The van der Waals surface area contributed by atoms with Crippen LogP contribution in [0.5, 0.6) is 5.88 Å². The van der Waals surface area contributed by atoms with Crippen LogP contribution in [-0.2, 0) is 6.42 Å². The normalized spacial score (nSPS) is 11.2. The zero-order chi connectivity index (χ0) is 15.8. The first-order valence-corrected chi connectivity index (χ1v) is 7.48. The Bertz CT molecular complexity index is 1010. The average molecular weight is 304 g/mol. The minimum absolute atomic E-state index is 0.525. The summed E-state index contributed by atoms with van der Waals surface area (Å²) in [5.41, 5.74) is 3.26. The van der Waals surface area contributed by atoms with Gasteiger partial charge in [0.2, 0.25) is 11.5 Å². The van der Waals surface area contributed by atoms with Gasteiger partial charge in [-0.25, -0.2) is 9.97 Å². The first-order valence-electron chi connectivity index (χ1n) is 7.48. The molecule has 2 heterocycles. The van der Waals surface area contributed by atoms with E-state index in [2.05, 4.69) is 50.3 Å². The molecule has 0 aliphatic heterocycles. The second kappa shape index (κ2) is 5.35. The van der Waals surface area contributed by atoms with Crippen LogP contribution in [-0.4, -0.2) is 27.0 Å². The molecule has 0 aliphatic rings. The van der Waals surface area contributed by atoms with E-state index in [9.17, 15) is 0 Å². The Morgan fingerprint density at radius 1 is 1.00 bits per heavy atom. The molecule has 23 heavy (non-hydrogen) atoms. The van der Waals surface area contributed by atoms with Crippen molar-refractivity contribution in [2.24, 2.45) is 0 Å². The summed E-state index contributed by atoms with van der Waals surface area (Å²) in [6.45, 7) is 1.89. The highest BCUT2D eigenvalue weighted by molar-refractivity contribution is 5.83. The maximum Gasteiger partial charge on any atom is 0.237 e. The summed E-state index contributed by atoms with van der Waals surface area (Å²) >= 11 is 0. The molecule has 0 bridgehead atoms. The largest absolute Gasteiger partial charge is 0.480 e. The molecule has 0 aliphatic carbocycles. The van der Waals surface area contributed by atoms with E-state index >= 15 is 0 Å². The molecule has 5 nitrogen and oxygen atoms in total. The Kier molecular flexibility index (Phi) is 3.19. The van der Waals surface area contributed by atoms with Crippen molar-refractivity contribution in [2.45, 2.75) is 13.3 Å². The highest BCUT2D eigenvalue weighted by Crippen LogP contribution is 2.22. The molecular weight excluding hydrogens is 288 g/mol. The van der Waals surface area contributed by atoms with E-state index in [4.69, 9.17) is 4.74 Å². The van der Waals surface area contributed by atoms with Gasteiger partial charge in [0, 0.05) is 6.42 Å². The molecule has 0 radical (unpaired) electrons. The number of H-pyrrole nitrogens is 1. The lowest BCUT2D eigenvalue weighted by Crippen LogP contribution is -2.01. The Hall–Kier alpha value is -2.95. The van der Waals surface area contributed by atoms with Crippen LogP contribution in [0.15, 0.2) is 42.5 Å². The van der Waals surface area contributed by atoms with Gasteiger partial charge in [0.1, 0.15) is 11.5 Å². The summed E-state index contributed by atoms with van der Waals surface area (Å²) in [5.74, 6) is 1.32. The van der Waals surface area contributed by atoms with Crippen molar-refractivity contribution >= 4 is 22.1 Å². The summed E-state index contributed by atoms with van der Waals surface area (Å²) in [5, 5.41) is 2.45. The van der Waals surface area contributed by atoms with Crippen molar-refractivity contribution in [2.75, 3.05) is 7.11 Å². The topological polar surface area (TPSA) is 63.7 Å². The number of hydrogen-bond acceptors (Lipinski definition) is 4. The van der Waals surface area contributed by atoms with Gasteiger partial charge in [-0.05, 0) is 23.3 Å². The van der Waals surface area contributed by atoms with Gasteiger partial charge in [-0.1, -0.05) is 42.5 Å². The second-order valence-corrected chi connectivity index (χ2v) is 5.53. The third-order valence-corrected chi connectivity index (χ3v) is 3.86. The number of ether oxygens (including phenoxy) is 1. The third kappa shape index (κ3) is 2.50. The zero-order valence-electron chi connectivity index (χ0n) is 13.0. The monoisotopic (exact) mass is 304 g/mol. The fourth-order valence-electron chi connectivity index (χ4n) is 2.79. The number of benzene rings is 2. The van der Waals surface area contributed by atoms with E-state index in [1.807, 2.05) is 19.1 Å². The van der Waals surface area contributed by atoms with E-state index in [1.165, 1.54) is 16.3 Å². The molecule has 0 saturated carbocycles. The number of aromatic nitrogens is 4. The number of hydrogen-bond donors (Lipinski definition) is 1. The number of aromatic amines is 1. The Morgan fingerprint density at radius 3 is 2.65 bits per heavy atom. The fraction of sp³-hybridized carbons (Fsp3) is 0.167. The van der Waals surface area contributed by atoms with Gasteiger partial charge in [-0.15, -0.1) is 0 Å². The summed E-state index contributed by atoms with van der Waals surface area (Å²) < 4.78 is 5.39. The number of nitrogens with one attached hydrogen (secondary N) is 1. The van der Waals surface area contributed by atoms with Crippen LogP contribution in [0.2, 0.25) is 0 Å². The van der Waals surface area contributed by atoms with E-state index in [1.54, 1.807) is 7.11 Å². The molecule has 0 unspecified atom stereocenters. The van der Waals surface area contributed by atoms with Gasteiger partial charge in [0.15, 0.2) is 5.65 Å². The minimum Gasteiger partial charge on any atom is -0.480 e. The average Bonchev–Trinajstić information content (AvgIpc) is 2.93. The quantitative estimate of drug-likeness (QED) is 0.630. The lowest BCUT2D eigenvalue weighted by Gasteiger charge is -2.07. The highest BCUT2D eigenvalue weighted by atomic mass is 16.5. The number of fused-ring (bicyclic) bond motifs is 2. The zero-order valence-corrected chi connectivity index (χ0v) is 13.0. The lowest BCUT2D eigenvalue weighted by atomic mass is 10.0. The lowest BCUT2D eigenvalue weighted by molar-refractivity contribution is 0.392. The Morgan fingerprint density at radius 2 is 1.83 bits per heavy atom. The molecular formula is C18H16N4O. The van der Waals surface area contributed by atoms with Crippen LogP contribution in [0.3, 0.4) is 0 Å². The van der Waals surface area contributed by atoms with E-state index in [0.717, 1.165) is 11.5 Å². The van der Waals surface area contributed by atoms with Gasteiger partial charge in [0.05, 0.1) is 7.11 Å². The molecule has 2 aromatic carbocycles. The summed E-state index contributed by atoms with van der Waals surface area (Å²) in [4.78, 5) is 16.5. The van der Waals surface area contributed by atoms with Crippen molar-refractivity contribution in [1.82, 2.24) is 19.9 Å². The van der Waals surface area contributed by atoms with Crippen LogP contribution < -0.4 is 4.74 Å². The van der Waals surface area contributed by atoms with Crippen molar-refractivity contribution in [3.05, 3.63) is 59.5 Å². The number of aryl methyl sites for hydroxylation is 1. The van der Waals surface area contributed by atoms with Gasteiger partial charge in [0.25, 0.3) is 0 Å². The standard InChI is InChI=1S/C18H16N4O/c1-11-19-16-17(20-11)22-18(23-2)15(21-16)10-12-7-8-13-5-3-4-6-14(13)9-12/h3-9H,10H2,1-2H3,(H,19,20,21,22). The van der Waals surface area contributed by atoms with Crippen molar-refractivity contribution < 1.29 is 4.74 Å². The van der Waals surface area contributed by atoms with Crippen LogP contribution in [0, 0.1) is 6.92 Å². The minimum atomic E-state index is 0.525. The van der Waals surface area contributed by atoms with Crippen LogP contribution in [0.4, 0.5) is 0 Å². The maximum absolute atomic E-state index is 5.39. The molecule has 0 amide bonds. The van der Waals surface area contributed by atoms with Crippen molar-refractivity contribution in [3.63, 3.8) is 0 Å². The van der Waals surface area contributed by atoms with Gasteiger partial charge >= 0.3 is 0 Å². The number of methoxy groups -OCH3 is 1. The Balaban J connectivity index is 1.77. The molecule has 2 aromatic heterocycles. The third-order valence-electron chi connectivity index (χ3n) is 3.86. The van der Waals surface area contributed by atoms with E-state index < -0.39 is 0 Å². The van der Waals surface area contributed by atoms with E-state index in [0.29, 0.717) is 23.6 Å². The maximum atomic E-state index is 5.39. The fourth-order valence-corrected chi connectivity index (χ4v) is 2.79. The van der Waals surface area contributed by atoms with Crippen LogP contribution in [0.1, 0.15) is 17.1 Å². The van der Waals surface area contributed by atoms with Crippen LogP contribution >= 0.6 is 0 Å². The molecule has 4 rings (SSSR count). The molecule has 1 N–H and O–H groups in total. The summed E-state index contributed by atoms with van der Waals surface area (Å²) in [6, 6.07) is 14.7.